The zero-order chi connectivity index (χ0) is 17.8. The summed E-state index contributed by atoms with van der Waals surface area (Å²) in [4.78, 5) is 25.5. The van der Waals surface area contributed by atoms with E-state index in [9.17, 15) is 9.59 Å². The number of anilines is 3. The molecule has 1 fully saturated rings. The first-order valence-electron chi connectivity index (χ1n) is 7.92. The van der Waals surface area contributed by atoms with Crippen molar-refractivity contribution in [2.45, 2.75) is 12.8 Å². The van der Waals surface area contributed by atoms with Crippen molar-refractivity contribution in [3.05, 3.63) is 52.5 Å². The van der Waals surface area contributed by atoms with Gasteiger partial charge in [0.1, 0.15) is 0 Å². The Hall–Kier alpha value is -2.24. The van der Waals surface area contributed by atoms with Gasteiger partial charge in [-0.25, -0.2) is 0 Å². The SMILES string of the molecule is O=C(CNc1ccc(Cl)c(Cl)c1)Nc1ccc(N2CCCC2=O)cc1. The molecular weight excluding hydrogens is 361 g/mol. The van der Waals surface area contributed by atoms with Gasteiger partial charge in [-0.15, -0.1) is 0 Å². The molecule has 0 spiro atoms. The Labute approximate surface area is 155 Å². The number of rotatable bonds is 5. The van der Waals surface area contributed by atoms with Crippen LogP contribution >= 0.6 is 23.2 Å². The maximum atomic E-state index is 12.0. The van der Waals surface area contributed by atoms with Crippen LogP contribution in [0.4, 0.5) is 17.1 Å². The van der Waals surface area contributed by atoms with Gasteiger partial charge in [0.2, 0.25) is 11.8 Å². The minimum Gasteiger partial charge on any atom is -0.376 e. The molecule has 2 amide bonds. The second-order valence-corrected chi connectivity index (χ2v) is 6.54. The number of hydrogen-bond donors (Lipinski definition) is 2. The van der Waals surface area contributed by atoms with Crippen LogP contribution < -0.4 is 15.5 Å². The third kappa shape index (κ3) is 4.44. The number of carbonyl (C=O) groups excluding carboxylic acids is 2. The lowest BCUT2D eigenvalue weighted by Crippen LogP contribution is -2.24. The molecule has 0 radical (unpaired) electrons. The standard InChI is InChI=1S/C18H17Cl2N3O2/c19-15-8-5-13(10-16(15)20)21-11-17(24)22-12-3-6-14(7-4-12)23-9-1-2-18(23)25/h3-8,10,21H,1-2,9,11H2,(H,22,24). The molecule has 0 bridgehead atoms. The van der Waals surface area contributed by atoms with Crippen LogP contribution in [0.15, 0.2) is 42.5 Å². The van der Waals surface area contributed by atoms with Crippen molar-refractivity contribution in [1.82, 2.24) is 0 Å². The van der Waals surface area contributed by atoms with Crippen molar-refractivity contribution in [1.29, 1.82) is 0 Å². The Morgan fingerprint density at radius 2 is 1.76 bits per heavy atom. The summed E-state index contributed by atoms with van der Waals surface area (Å²) in [6, 6.07) is 12.3. The maximum absolute atomic E-state index is 12.0. The number of amides is 2. The van der Waals surface area contributed by atoms with Gasteiger partial charge in [-0.1, -0.05) is 23.2 Å². The van der Waals surface area contributed by atoms with Gasteiger partial charge in [-0.2, -0.15) is 0 Å². The fourth-order valence-electron chi connectivity index (χ4n) is 2.64. The molecule has 7 heteroatoms. The van der Waals surface area contributed by atoms with Crippen molar-refractivity contribution in [2.75, 3.05) is 28.6 Å². The number of nitrogens with one attached hydrogen (secondary N) is 2. The van der Waals surface area contributed by atoms with E-state index in [1.165, 1.54) is 0 Å². The van der Waals surface area contributed by atoms with Crippen LogP contribution in [0.3, 0.4) is 0 Å². The first-order valence-corrected chi connectivity index (χ1v) is 8.68. The lowest BCUT2D eigenvalue weighted by molar-refractivity contribution is -0.117. The van der Waals surface area contributed by atoms with Crippen molar-refractivity contribution in [3.63, 3.8) is 0 Å². The summed E-state index contributed by atoms with van der Waals surface area (Å²) in [5.41, 5.74) is 2.25. The van der Waals surface area contributed by atoms with Gasteiger partial charge in [-0.05, 0) is 48.9 Å². The van der Waals surface area contributed by atoms with Gasteiger partial charge < -0.3 is 15.5 Å². The molecule has 2 N–H and O–H groups in total. The third-order valence-corrected chi connectivity index (χ3v) is 4.65. The van der Waals surface area contributed by atoms with E-state index in [4.69, 9.17) is 23.2 Å². The van der Waals surface area contributed by atoms with Crippen molar-refractivity contribution >= 4 is 52.1 Å². The van der Waals surface area contributed by atoms with Crippen LogP contribution in [0, 0.1) is 0 Å². The average molecular weight is 378 g/mol. The van der Waals surface area contributed by atoms with Gasteiger partial charge in [0.25, 0.3) is 0 Å². The Morgan fingerprint density at radius 1 is 1.04 bits per heavy atom. The van der Waals surface area contributed by atoms with Crippen molar-refractivity contribution in [2.24, 2.45) is 0 Å². The van der Waals surface area contributed by atoms with Gasteiger partial charge in [-0.3, -0.25) is 9.59 Å². The summed E-state index contributed by atoms with van der Waals surface area (Å²) in [5, 5.41) is 6.69. The minimum atomic E-state index is -0.184. The number of benzene rings is 2. The summed E-state index contributed by atoms with van der Waals surface area (Å²) in [6.07, 6.45) is 1.48. The number of carbonyl (C=O) groups is 2. The second kappa shape index (κ2) is 7.76. The number of hydrogen-bond acceptors (Lipinski definition) is 3. The zero-order valence-electron chi connectivity index (χ0n) is 13.4. The zero-order valence-corrected chi connectivity index (χ0v) is 14.9. The molecule has 2 aromatic carbocycles. The second-order valence-electron chi connectivity index (χ2n) is 5.73. The summed E-state index contributed by atoms with van der Waals surface area (Å²) in [5.74, 6) is -0.0429. The van der Waals surface area contributed by atoms with Gasteiger partial charge in [0, 0.05) is 30.0 Å². The highest BCUT2D eigenvalue weighted by Crippen LogP contribution is 2.25. The topological polar surface area (TPSA) is 61.4 Å². The average Bonchev–Trinajstić information content (AvgIpc) is 3.03. The molecule has 130 valence electrons. The third-order valence-electron chi connectivity index (χ3n) is 3.91. The highest BCUT2D eigenvalue weighted by molar-refractivity contribution is 6.42. The Bertz CT molecular complexity index is 793. The summed E-state index contributed by atoms with van der Waals surface area (Å²) >= 11 is 11.8. The van der Waals surface area contributed by atoms with E-state index in [1.54, 1.807) is 35.2 Å². The van der Waals surface area contributed by atoms with Crippen LogP contribution in [-0.2, 0) is 9.59 Å². The molecule has 3 rings (SSSR count). The molecule has 0 atom stereocenters. The summed E-state index contributed by atoms with van der Waals surface area (Å²) in [6.45, 7) is 0.850. The number of halogens is 2. The van der Waals surface area contributed by atoms with E-state index >= 15 is 0 Å². The molecule has 25 heavy (non-hydrogen) atoms. The molecule has 5 nitrogen and oxygen atoms in total. The van der Waals surface area contributed by atoms with Gasteiger partial charge in [0.05, 0.1) is 16.6 Å². The molecule has 0 saturated carbocycles. The largest absolute Gasteiger partial charge is 0.376 e. The van der Waals surface area contributed by atoms with Crippen LogP contribution in [0.2, 0.25) is 10.0 Å². The van der Waals surface area contributed by atoms with Crippen molar-refractivity contribution < 1.29 is 9.59 Å². The molecule has 0 unspecified atom stereocenters. The van der Waals surface area contributed by atoms with E-state index in [1.807, 2.05) is 12.1 Å². The molecule has 0 aromatic heterocycles. The predicted octanol–water partition coefficient (Wildman–Crippen LogP) is 4.17. The summed E-state index contributed by atoms with van der Waals surface area (Å²) < 4.78 is 0. The van der Waals surface area contributed by atoms with Crippen molar-refractivity contribution in [3.8, 4) is 0 Å². The van der Waals surface area contributed by atoms with Crippen LogP contribution in [0.5, 0.6) is 0 Å². The van der Waals surface area contributed by atoms with Gasteiger partial charge >= 0.3 is 0 Å². The van der Waals surface area contributed by atoms with E-state index < -0.39 is 0 Å². The molecule has 1 heterocycles. The smallest absolute Gasteiger partial charge is 0.243 e. The Kier molecular flexibility index (Phi) is 5.46. The first kappa shape index (κ1) is 17.6. The fraction of sp³-hybridized carbons (Fsp3) is 0.222. The molecular formula is C18H17Cl2N3O2. The highest BCUT2D eigenvalue weighted by Gasteiger charge is 2.21. The maximum Gasteiger partial charge on any atom is 0.243 e. The van der Waals surface area contributed by atoms with E-state index in [2.05, 4.69) is 10.6 Å². The molecule has 1 aliphatic heterocycles. The monoisotopic (exact) mass is 377 g/mol. The highest BCUT2D eigenvalue weighted by atomic mass is 35.5. The van der Waals surface area contributed by atoms with E-state index in [-0.39, 0.29) is 18.4 Å². The first-order chi connectivity index (χ1) is 12.0. The van der Waals surface area contributed by atoms with Crippen LogP contribution in [-0.4, -0.2) is 24.9 Å². The molecule has 0 aliphatic carbocycles. The van der Waals surface area contributed by atoms with E-state index in [0.717, 1.165) is 18.7 Å². The fourth-order valence-corrected chi connectivity index (χ4v) is 2.94. The minimum absolute atomic E-state index is 0.102. The lowest BCUT2D eigenvalue weighted by atomic mass is 10.2. The molecule has 1 saturated heterocycles. The lowest BCUT2D eigenvalue weighted by Gasteiger charge is -2.16. The Morgan fingerprint density at radius 3 is 2.40 bits per heavy atom. The normalized spacial score (nSPS) is 13.8. The molecule has 1 aliphatic rings. The van der Waals surface area contributed by atoms with Crippen LogP contribution in [0.25, 0.3) is 0 Å². The molecule has 2 aromatic rings. The summed E-state index contributed by atoms with van der Waals surface area (Å²) in [7, 11) is 0. The van der Waals surface area contributed by atoms with Gasteiger partial charge in [0.15, 0.2) is 0 Å². The van der Waals surface area contributed by atoms with E-state index in [0.29, 0.717) is 27.8 Å². The predicted molar refractivity (Wildman–Crippen MR) is 102 cm³/mol. The quantitative estimate of drug-likeness (QED) is 0.821. The van der Waals surface area contributed by atoms with Crippen LogP contribution in [0.1, 0.15) is 12.8 Å². The number of nitrogens with zero attached hydrogens (tertiary/aromatic N) is 1. The Balaban J connectivity index is 1.54.